The van der Waals surface area contributed by atoms with Crippen molar-refractivity contribution in [1.82, 2.24) is 0 Å². The number of rotatable bonds is 8. The highest BCUT2D eigenvalue weighted by Crippen LogP contribution is 2.57. The number of allylic oxidation sites excluding steroid dienone is 3. The predicted octanol–water partition coefficient (Wildman–Crippen LogP) is 24.7. The van der Waals surface area contributed by atoms with Crippen molar-refractivity contribution in [3.8, 4) is 55.6 Å². The molecule has 5 aliphatic rings. The molecule has 0 bridgehead atoms. The first kappa shape index (κ1) is 54.4. The molecule has 0 spiro atoms. The Kier molecular flexibility index (Phi) is 12.0. The van der Waals surface area contributed by atoms with Crippen LogP contribution in [-0.4, -0.2) is 0 Å². The van der Waals surface area contributed by atoms with Gasteiger partial charge in [-0.2, -0.15) is 0 Å². The quantitative estimate of drug-likeness (QED) is 0.140. The van der Waals surface area contributed by atoms with Crippen molar-refractivity contribution in [2.45, 2.75) is 77.0 Å². The predicted molar refractivity (Wildman–Crippen MR) is 392 cm³/mol. The van der Waals surface area contributed by atoms with Crippen molar-refractivity contribution in [2.24, 2.45) is 0 Å². The van der Waals surface area contributed by atoms with Crippen LogP contribution in [0.2, 0.25) is 0 Å². The Balaban J connectivity index is 0.883. The summed E-state index contributed by atoms with van der Waals surface area (Å²) in [5, 5.41) is 7.44. The molecule has 0 radical (unpaired) electrons. The van der Waals surface area contributed by atoms with Crippen LogP contribution in [0.5, 0.6) is 0 Å². The zero-order valence-corrected chi connectivity index (χ0v) is 53.1. The Labute approximate surface area is 540 Å². The third kappa shape index (κ3) is 8.05. The first-order valence-corrected chi connectivity index (χ1v) is 33.0. The molecule has 0 N–H and O–H groups in total. The fourth-order valence-corrected chi connectivity index (χ4v) is 17.2. The molecule has 0 aromatic heterocycles. The van der Waals surface area contributed by atoms with Crippen molar-refractivity contribution in [3.63, 3.8) is 0 Å². The van der Waals surface area contributed by atoms with E-state index in [9.17, 15) is 0 Å². The number of para-hydroxylation sites is 1. The molecule has 0 saturated heterocycles. The Morgan fingerprint density at radius 2 is 0.826 bits per heavy atom. The monoisotopic (exact) mass is 1180 g/mol. The molecule has 0 saturated carbocycles. The van der Waals surface area contributed by atoms with E-state index in [-0.39, 0.29) is 16.2 Å². The lowest BCUT2D eigenvalue weighted by atomic mass is 9.79. The van der Waals surface area contributed by atoms with Crippen molar-refractivity contribution in [2.75, 3.05) is 9.80 Å². The fourth-order valence-electron chi connectivity index (χ4n) is 17.2. The van der Waals surface area contributed by atoms with Crippen LogP contribution < -0.4 is 9.80 Å². The number of anilines is 6. The number of hydrogen-bond donors (Lipinski definition) is 0. The highest BCUT2D eigenvalue weighted by atomic mass is 15.1. The number of fused-ring (bicyclic) bond motifs is 16. The zero-order valence-electron chi connectivity index (χ0n) is 53.1. The second kappa shape index (κ2) is 20.2. The normalized spacial score (nSPS) is 15.3. The van der Waals surface area contributed by atoms with Gasteiger partial charge in [0.05, 0.1) is 0 Å². The van der Waals surface area contributed by atoms with Gasteiger partial charge in [-0.05, 0) is 242 Å². The maximum absolute atomic E-state index is 2.54. The highest BCUT2D eigenvalue weighted by molar-refractivity contribution is 6.23. The molecule has 0 fully saturated rings. The summed E-state index contributed by atoms with van der Waals surface area (Å²) in [5.74, 6) is 0. The molecule has 92 heavy (non-hydrogen) atoms. The molecule has 2 heteroatoms. The first-order valence-electron chi connectivity index (χ1n) is 33.0. The molecule has 0 atom stereocenters. The summed E-state index contributed by atoms with van der Waals surface area (Å²) in [6.07, 6.45) is 17.0. The summed E-state index contributed by atoms with van der Waals surface area (Å²) in [7, 11) is 0. The lowest BCUT2D eigenvalue weighted by Crippen LogP contribution is -2.18. The lowest BCUT2D eigenvalue weighted by molar-refractivity contribution is 0.659. The molecule has 13 aromatic carbocycles. The van der Waals surface area contributed by atoms with Gasteiger partial charge in [0.1, 0.15) is 0 Å². The smallest absolute Gasteiger partial charge is 0.0468 e. The summed E-state index contributed by atoms with van der Waals surface area (Å²) in [5.41, 5.74) is 32.4. The Morgan fingerprint density at radius 1 is 0.304 bits per heavy atom. The average Bonchev–Trinajstić information content (AvgIpc) is 1.46. The SMILES string of the molecule is CC1(C)c2ccccc2-c2ccc(-c3c4ccc(N(c5ccc6c(c5)C=CCC6)c5ccc6c(c5)C(C)(C)c5c-6ccc6c5C=CCC=C6)cc4c(-c4ccccc4)c4ccc(N(c5ccccc5)c5ccc6c(c5)C(C)(C)c5c-6ccc6ccccc56)cc34)cc21. The average molecular weight is 1180 g/mol. The molecule has 0 unspecified atom stereocenters. The number of hydrogen-bond acceptors (Lipinski definition) is 2. The van der Waals surface area contributed by atoms with Crippen LogP contribution in [0.4, 0.5) is 34.1 Å². The summed E-state index contributed by atoms with van der Waals surface area (Å²) in [6, 6.07) is 93.2. The number of aryl methyl sites for hydroxylation is 1. The first-order chi connectivity index (χ1) is 44.9. The van der Waals surface area contributed by atoms with E-state index in [4.69, 9.17) is 0 Å². The maximum Gasteiger partial charge on any atom is 0.0468 e. The molecule has 0 aliphatic heterocycles. The minimum Gasteiger partial charge on any atom is -0.310 e. The van der Waals surface area contributed by atoms with Crippen molar-refractivity contribution in [1.29, 1.82) is 0 Å². The maximum atomic E-state index is 2.54. The van der Waals surface area contributed by atoms with E-state index in [1.165, 1.54) is 144 Å². The lowest BCUT2D eigenvalue weighted by Gasteiger charge is -2.30. The van der Waals surface area contributed by atoms with E-state index in [1.54, 1.807) is 0 Å². The number of benzene rings is 13. The van der Waals surface area contributed by atoms with Crippen LogP contribution in [-0.2, 0) is 22.7 Å². The van der Waals surface area contributed by atoms with E-state index < -0.39 is 0 Å². The van der Waals surface area contributed by atoms with E-state index in [2.05, 4.69) is 330 Å². The van der Waals surface area contributed by atoms with E-state index in [0.29, 0.717) is 0 Å². The van der Waals surface area contributed by atoms with Crippen LogP contribution in [0.1, 0.15) is 110 Å². The second-order valence-corrected chi connectivity index (χ2v) is 27.8. The molecule has 0 amide bonds. The van der Waals surface area contributed by atoms with Crippen molar-refractivity contribution >= 4 is 84.7 Å². The van der Waals surface area contributed by atoms with Gasteiger partial charge in [-0.25, -0.2) is 0 Å². The topological polar surface area (TPSA) is 6.48 Å². The summed E-state index contributed by atoms with van der Waals surface area (Å²) in [4.78, 5) is 5.03. The van der Waals surface area contributed by atoms with Crippen LogP contribution in [0.3, 0.4) is 0 Å². The largest absolute Gasteiger partial charge is 0.310 e. The van der Waals surface area contributed by atoms with Gasteiger partial charge in [-0.3, -0.25) is 0 Å². The van der Waals surface area contributed by atoms with Gasteiger partial charge in [0.15, 0.2) is 0 Å². The number of nitrogens with zero attached hydrogens (tertiary/aromatic N) is 2. The van der Waals surface area contributed by atoms with Gasteiger partial charge >= 0.3 is 0 Å². The third-order valence-electron chi connectivity index (χ3n) is 21.6. The fraction of sp³-hybridized carbons (Fsp3) is 0.133. The molecular weight excluding hydrogens is 1110 g/mol. The Hall–Kier alpha value is -10.5. The van der Waals surface area contributed by atoms with Gasteiger partial charge in [0.25, 0.3) is 0 Å². The summed E-state index contributed by atoms with van der Waals surface area (Å²) >= 11 is 0. The van der Waals surface area contributed by atoms with Gasteiger partial charge in [-0.15, -0.1) is 0 Å². The summed E-state index contributed by atoms with van der Waals surface area (Å²) < 4.78 is 0. The molecule has 5 aliphatic carbocycles. The minimum absolute atomic E-state index is 0.198. The van der Waals surface area contributed by atoms with Crippen LogP contribution in [0, 0.1) is 0 Å². The third-order valence-corrected chi connectivity index (χ3v) is 21.6. The molecule has 440 valence electrons. The second-order valence-electron chi connectivity index (χ2n) is 27.8. The van der Waals surface area contributed by atoms with Crippen LogP contribution in [0.15, 0.2) is 261 Å². The Morgan fingerprint density at radius 3 is 1.58 bits per heavy atom. The van der Waals surface area contributed by atoms with Crippen LogP contribution >= 0.6 is 0 Å². The van der Waals surface area contributed by atoms with Gasteiger partial charge in [0.2, 0.25) is 0 Å². The molecule has 13 aromatic rings. The van der Waals surface area contributed by atoms with Crippen molar-refractivity contribution in [3.05, 3.63) is 317 Å². The zero-order chi connectivity index (χ0) is 61.8. The van der Waals surface area contributed by atoms with Gasteiger partial charge in [0, 0.05) is 50.4 Å². The summed E-state index contributed by atoms with van der Waals surface area (Å²) in [6.45, 7) is 14.5. The van der Waals surface area contributed by atoms with E-state index in [1.807, 2.05) is 0 Å². The van der Waals surface area contributed by atoms with E-state index >= 15 is 0 Å². The molecular formula is C90H70N2. The van der Waals surface area contributed by atoms with Crippen molar-refractivity contribution < 1.29 is 0 Å². The minimum atomic E-state index is -0.241. The Bertz CT molecular complexity index is 5400. The molecule has 2 nitrogen and oxygen atoms in total. The van der Waals surface area contributed by atoms with E-state index in [0.717, 1.165) is 53.4 Å². The molecule has 0 heterocycles. The van der Waals surface area contributed by atoms with Crippen LogP contribution in [0.25, 0.3) is 106 Å². The molecule has 18 rings (SSSR count). The highest BCUT2D eigenvalue weighted by Gasteiger charge is 2.41. The van der Waals surface area contributed by atoms with Gasteiger partial charge < -0.3 is 9.80 Å². The van der Waals surface area contributed by atoms with Gasteiger partial charge in [-0.1, -0.05) is 242 Å². The standard InChI is InChI=1S/C90H70N2/c1-88(2)80-33-21-20-32-70(80)71-43-37-61(51-81(71)88)85-75-49-42-65(92(63-38-34-56-22-16-17-27-60(56)50-63)67-40-47-73-76-44-35-57-23-10-8-15-30-68(57)86(76)90(5,6)83(73)55-67)53-78(75)84(59-25-11-7-12-26-59)74-48-41-64(52-79(74)85)91(62-28-13-9-14-29-62)66-39-46-72-77-45-36-58-24-18-19-31-69(58)87(77)89(3,4)82(72)54-66/h7,9-15,17-21,23-55H,8,16,22H2,1-6H3.